The molecule has 1 amide bonds. The van der Waals surface area contributed by atoms with Crippen LogP contribution in [0.15, 0.2) is 54.6 Å². The molecule has 24 heavy (non-hydrogen) atoms. The van der Waals surface area contributed by atoms with Crippen LogP contribution in [0, 0.1) is 5.92 Å². The first-order chi connectivity index (χ1) is 11.0. The molecule has 2 rings (SSSR count). The number of nitrogens with zero attached hydrogens (tertiary/aromatic N) is 1. The summed E-state index contributed by atoms with van der Waals surface area (Å²) in [5.41, 5.74) is 9.04. The van der Waals surface area contributed by atoms with Crippen LogP contribution in [-0.2, 0) is 0 Å². The third-order valence-corrected chi connectivity index (χ3v) is 4.24. The molecule has 3 nitrogen and oxygen atoms in total. The molecular weight excluding hydrogens is 320 g/mol. The van der Waals surface area contributed by atoms with E-state index in [0.717, 1.165) is 17.5 Å². The smallest absolute Gasteiger partial charge is 0.253 e. The van der Waals surface area contributed by atoms with E-state index in [2.05, 4.69) is 26.0 Å². The summed E-state index contributed by atoms with van der Waals surface area (Å²) < 4.78 is 0. The highest BCUT2D eigenvalue weighted by atomic mass is 35.5. The minimum absolute atomic E-state index is 0. The number of amides is 1. The lowest BCUT2D eigenvalue weighted by atomic mass is 10.0. The Morgan fingerprint density at radius 1 is 1.00 bits per heavy atom. The maximum Gasteiger partial charge on any atom is 0.253 e. The molecular formula is C20H27ClN2O. The molecule has 2 aromatic rings. The van der Waals surface area contributed by atoms with Crippen LogP contribution < -0.4 is 5.73 Å². The first-order valence-electron chi connectivity index (χ1n) is 8.15. The molecule has 1 unspecified atom stereocenters. The zero-order chi connectivity index (χ0) is 16.8. The van der Waals surface area contributed by atoms with Crippen molar-refractivity contribution in [2.75, 3.05) is 13.6 Å². The summed E-state index contributed by atoms with van der Waals surface area (Å²) in [6.45, 7) is 4.89. The Morgan fingerprint density at radius 3 is 2.08 bits per heavy atom. The van der Waals surface area contributed by atoms with Crippen LogP contribution >= 0.6 is 12.4 Å². The number of benzene rings is 2. The Hall–Kier alpha value is -1.84. The van der Waals surface area contributed by atoms with Gasteiger partial charge in [-0.15, -0.1) is 12.4 Å². The molecule has 0 aliphatic rings. The fourth-order valence-electron chi connectivity index (χ4n) is 2.43. The Labute approximate surface area is 151 Å². The van der Waals surface area contributed by atoms with E-state index in [1.54, 1.807) is 4.90 Å². The van der Waals surface area contributed by atoms with Gasteiger partial charge < -0.3 is 10.6 Å². The number of carbonyl (C=O) groups is 1. The number of rotatable bonds is 6. The SMILES string of the molecule is CC(C)C(N)CCN(C)C(=O)c1ccc(-c2ccccc2)cc1.Cl. The summed E-state index contributed by atoms with van der Waals surface area (Å²) in [4.78, 5) is 14.2. The van der Waals surface area contributed by atoms with Gasteiger partial charge in [0.2, 0.25) is 0 Å². The fourth-order valence-corrected chi connectivity index (χ4v) is 2.43. The van der Waals surface area contributed by atoms with Crippen LogP contribution in [0.3, 0.4) is 0 Å². The largest absolute Gasteiger partial charge is 0.342 e. The maximum absolute atomic E-state index is 12.5. The van der Waals surface area contributed by atoms with E-state index in [1.807, 2.05) is 49.5 Å². The van der Waals surface area contributed by atoms with Crippen LogP contribution in [0.1, 0.15) is 30.6 Å². The fraction of sp³-hybridized carbons (Fsp3) is 0.350. The standard InChI is InChI=1S/C20H26N2O.ClH/c1-15(2)19(21)13-14-22(3)20(23)18-11-9-17(10-12-18)16-7-5-4-6-8-16;/h4-12,15,19H,13-14,21H2,1-3H3;1H. The van der Waals surface area contributed by atoms with Gasteiger partial charge in [-0.1, -0.05) is 56.3 Å². The van der Waals surface area contributed by atoms with Crippen molar-refractivity contribution in [1.29, 1.82) is 0 Å². The highest BCUT2D eigenvalue weighted by molar-refractivity contribution is 5.94. The molecule has 4 heteroatoms. The van der Waals surface area contributed by atoms with Gasteiger partial charge in [0.25, 0.3) is 5.91 Å². The van der Waals surface area contributed by atoms with Crippen LogP contribution in [0.2, 0.25) is 0 Å². The molecule has 0 aromatic heterocycles. The molecule has 0 radical (unpaired) electrons. The first-order valence-corrected chi connectivity index (χ1v) is 8.15. The van der Waals surface area contributed by atoms with Gasteiger partial charge in [-0.05, 0) is 35.6 Å². The molecule has 0 heterocycles. The number of hydrogen-bond acceptors (Lipinski definition) is 2. The van der Waals surface area contributed by atoms with Crippen molar-refractivity contribution in [2.24, 2.45) is 11.7 Å². The summed E-state index contributed by atoms with van der Waals surface area (Å²) in [5, 5.41) is 0. The molecule has 0 fully saturated rings. The van der Waals surface area contributed by atoms with Crippen molar-refractivity contribution < 1.29 is 4.79 Å². The summed E-state index contributed by atoms with van der Waals surface area (Å²) in [6.07, 6.45) is 0.821. The Morgan fingerprint density at radius 2 is 1.54 bits per heavy atom. The van der Waals surface area contributed by atoms with Crippen LogP contribution in [0.5, 0.6) is 0 Å². The van der Waals surface area contributed by atoms with Gasteiger partial charge in [-0.3, -0.25) is 4.79 Å². The van der Waals surface area contributed by atoms with Crippen molar-refractivity contribution in [1.82, 2.24) is 4.90 Å². The van der Waals surface area contributed by atoms with Crippen molar-refractivity contribution >= 4 is 18.3 Å². The van der Waals surface area contributed by atoms with E-state index in [1.165, 1.54) is 0 Å². The number of halogens is 1. The van der Waals surface area contributed by atoms with Gasteiger partial charge in [-0.2, -0.15) is 0 Å². The molecule has 0 aliphatic carbocycles. The normalized spacial score (nSPS) is 11.7. The average molecular weight is 347 g/mol. The van der Waals surface area contributed by atoms with Gasteiger partial charge in [-0.25, -0.2) is 0 Å². The summed E-state index contributed by atoms with van der Waals surface area (Å²) in [6, 6.07) is 18.1. The Balaban J connectivity index is 0.00000288. The van der Waals surface area contributed by atoms with E-state index in [9.17, 15) is 4.79 Å². The Bertz CT molecular complexity index is 626. The van der Waals surface area contributed by atoms with Crippen molar-refractivity contribution in [3.8, 4) is 11.1 Å². The van der Waals surface area contributed by atoms with E-state index in [0.29, 0.717) is 18.0 Å². The molecule has 0 saturated carbocycles. The Kier molecular flexibility index (Phi) is 7.96. The quantitative estimate of drug-likeness (QED) is 0.851. The van der Waals surface area contributed by atoms with Crippen LogP contribution in [-0.4, -0.2) is 30.4 Å². The predicted octanol–water partition coefficient (Wildman–Crippen LogP) is 4.22. The minimum Gasteiger partial charge on any atom is -0.342 e. The molecule has 0 aliphatic heterocycles. The van der Waals surface area contributed by atoms with E-state index in [4.69, 9.17) is 5.73 Å². The van der Waals surface area contributed by atoms with Crippen LogP contribution in [0.4, 0.5) is 0 Å². The highest BCUT2D eigenvalue weighted by Crippen LogP contribution is 2.19. The second-order valence-electron chi connectivity index (χ2n) is 6.37. The zero-order valence-corrected chi connectivity index (χ0v) is 15.4. The van der Waals surface area contributed by atoms with E-state index in [-0.39, 0.29) is 24.4 Å². The predicted molar refractivity (Wildman–Crippen MR) is 104 cm³/mol. The summed E-state index contributed by atoms with van der Waals surface area (Å²) in [5.74, 6) is 0.476. The van der Waals surface area contributed by atoms with Crippen molar-refractivity contribution in [3.05, 3.63) is 60.2 Å². The van der Waals surface area contributed by atoms with Gasteiger partial charge in [0.15, 0.2) is 0 Å². The highest BCUT2D eigenvalue weighted by Gasteiger charge is 2.14. The molecule has 2 aromatic carbocycles. The van der Waals surface area contributed by atoms with E-state index >= 15 is 0 Å². The second kappa shape index (κ2) is 9.45. The van der Waals surface area contributed by atoms with Crippen LogP contribution in [0.25, 0.3) is 11.1 Å². The van der Waals surface area contributed by atoms with Gasteiger partial charge in [0, 0.05) is 25.2 Å². The van der Waals surface area contributed by atoms with Gasteiger partial charge >= 0.3 is 0 Å². The monoisotopic (exact) mass is 346 g/mol. The lowest BCUT2D eigenvalue weighted by Gasteiger charge is -2.21. The lowest BCUT2D eigenvalue weighted by molar-refractivity contribution is 0.0789. The molecule has 2 N–H and O–H groups in total. The first kappa shape index (κ1) is 20.2. The minimum atomic E-state index is 0. The summed E-state index contributed by atoms with van der Waals surface area (Å²) in [7, 11) is 1.83. The zero-order valence-electron chi connectivity index (χ0n) is 14.6. The van der Waals surface area contributed by atoms with Crippen molar-refractivity contribution in [3.63, 3.8) is 0 Å². The second-order valence-corrected chi connectivity index (χ2v) is 6.37. The maximum atomic E-state index is 12.5. The third-order valence-electron chi connectivity index (χ3n) is 4.24. The molecule has 0 bridgehead atoms. The van der Waals surface area contributed by atoms with Gasteiger partial charge in [0.1, 0.15) is 0 Å². The summed E-state index contributed by atoms with van der Waals surface area (Å²) >= 11 is 0. The molecule has 0 saturated heterocycles. The van der Waals surface area contributed by atoms with Crippen molar-refractivity contribution in [2.45, 2.75) is 26.3 Å². The van der Waals surface area contributed by atoms with E-state index < -0.39 is 0 Å². The molecule has 0 spiro atoms. The average Bonchev–Trinajstić information content (AvgIpc) is 2.59. The number of hydrogen-bond donors (Lipinski definition) is 1. The lowest BCUT2D eigenvalue weighted by Crippen LogP contribution is -2.34. The topological polar surface area (TPSA) is 46.3 Å². The molecule has 130 valence electrons. The number of nitrogens with two attached hydrogens (primary N) is 1. The van der Waals surface area contributed by atoms with Gasteiger partial charge in [0.05, 0.1) is 0 Å². The molecule has 1 atom stereocenters. The number of carbonyl (C=O) groups excluding carboxylic acids is 1. The third kappa shape index (κ3) is 5.36.